The fourth-order valence-corrected chi connectivity index (χ4v) is 4.11. The zero-order valence-corrected chi connectivity index (χ0v) is 17.6. The minimum Gasteiger partial charge on any atom is -0.483 e. The molecule has 0 aliphatic carbocycles. The van der Waals surface area contributed by atoms with E-state index in [9.17, 15) is 4.79 Å². The SMILES string of the molecule is CCc1ccc(-c2csc(NC(=O)COc3cccc4c3OC(C)(C)C4)n2)cc1. The summed E-state index contributed by atoms with van der Waals surface area (Å²) >= 11 is 1.40. The van der Waals surface area contributed by atoms with Gasteiger partial charge in [0.15, 0.2) is 23.2 Å². The number of carbonyl (C=O) groups is 1. The number of anilines is 1. The Kier molecular flexibility index (Phi) is 5.28. The van der Waals surface area contributed by atoms with E-state index in [0.29, 0.717) is 10.9 Å². The van der Waals surface area contributed by atoms with Crippen LogP contribution in [0.3, 0.4) is 0 Å². The Hall–Kier alpha value is -2.86. The summed E-state index contributed by atoms with van der Waals surface area (Å²) < 4.78 is 11.7. The van der Waals surface area contributed by atoms with Crippen molar-refractivity contribution in [1.29, 1.82) is 0 Å². The molecule has 0 radical (unpaired) electrons. The summed E-state index contributed by atoms with van der Waals surface area (Å²) in [4.78, 5) is 16.8. The lowest BCUT2D eigenvalue weighted by molar-refractivity contribution is -0.118. The van der Waals surface area contributed by atoms with Gasteiger partial charge in [0.2, 0.25) is 0 Å². The van der Waals surface area contributed by atoms with Crippen molar-refractivity contribution in [3.8, 4) is 22.8 Å². The highest BCUT2D eigenvalue weighted by Gasteiger charge is 2.32. The molecule has 29 heavy (non-hydrogen) atoms. The van der Waals surface area contributed by atoms with E-state index < -0.39 is 0 Å². The maximum atomic E-state index is 12.3. The number of para-hydroxylation sites is 1. The van der Waals surface area contributed by atoms with Gasteiger partial charge in [-0.15, -0.1) is 11.3 Å². The van der Waals surface area contributed by atoms with Gasteiger partial charge in [-0.25, -0.2) is 4.98 Å². The fourth-order valence-electron chi connectivity index (χ4n) is 3.37. The minimum atomic E-state index is -0.253. The highest BCUT2D eigenvalue weighted by Crippen LogP contribution is 2.41. The lowest BCUT2D eigenvalue weighted by atomic mass is 10.0. The molecule has 1 aliphatic heterocycles. The number of fused-ring (bicyclic) bond motifs is 1. The van der Waals surface area contributed by atoms with Gasteiger partial charge in [-0.2, -0.15) is 0 Å². The molecule has 150 valence electrons. The van der Waals surface area contributed by atoms with Crippen LogP contribution in [-0.4, -0.2) is 23.1 Å². The van der Waals surface area contributed by atoms with Gasteiger partial charge in [-0.1, -0.05) is 43.3 Å². The Labute approximate surface area is 174 Å². The first-order valence-electron chi connectivity index (χ1n) is 9.72. The zero-order valence-electron chi connectivity index (χ0n) is 16.8. The summed E-state index contributed by atoms with van der Waals surface area (Å²) in [5, 5.41) is 5.31. The highest BCUT2D eigenvalue weighted by molar-refractivity contribution is 7.14. The molecule has 6 heteroatoms. The van der Waals surface area contributed by atoms with Gasteiger partial charge in [-0.3, -0.25) is 10.1 Å². The van der Waals surface area contributed by atoms with Gasteiger partial charge in [-0.05, 0) is 31.9 Å². The topological polar surface area (TPSA) is 60.5 Å². The van der Waals surface area contributed by atoms with E-state index in [2.05, 4.69) is 41.5 Å². The molecule has 0 bridgehead atoms. The van der Waals surface area contributed by atoms with E-state index in [4.69, 9.17) is 9.47 Å². The maximum absolute atomic E-state index is 12.3. The van der Waals surface area contributed by atoms with E-state index in [1.807, 2.05) is 37.4 Å². The molecule has 1 aliphatic rings. The van der Waals surface area contributed by atoms with Crippen LogP contribution >= 0.6 is 11.3 Å². The Morgan fingerprint density at radius 2 is 2.03 bits per heavy atom. The van der Waals surface area contributed by atoms with Crippen molar-refractivity contribution >= 4 is 22.4 Å². The second kappa shape index (κ2) is 7.87. The smallest absolute Gasteiger partial charge is 0.264 e. The molecule has 0 saturated heterocycles. The molecule has 0 fully saturated rings. The second-order valence-electron chi connectivity index (χ2n) is 7.71. The van der Waals surface area contributed by atoms with Crippen LogP contribution in [0.2, 0.25) is 0 Å². The largest absolute Gasteiger partial charge is 0.483 e. The van der Waals surface area contributed by atoms with E-state index in [1.54, 1.807) is 0 Å². The molecular formula is C23H24N2O3S. The van der Waals surface area contributed by atoms with Crippen molar-refractivity contribution in [3.05, 3.63) is 59.0 Å². The Balaban J connectivity index is 1.37. The molecule has 3 aromatic rings. The molecule has 1 amide bonds. The third kappa shape index (κ3) is 4.43. The van der Waals surface area contributed by atoms with Crippen LogP contribution in [0.1, 0.15) is 31.9 Å². The summed E-state index contributed by atoms with van der Waals surface area (Å²) in [5.41, 5.74) is 4.03. The predicted molar refractivity (Wildman–Crippen MR) is 116 cm³/mol. The molecule has 1 N–H and O–H groups in total. The van der Waals surface area contributed by atoms with Crippen molar-refractivity contribution in [2.75, 3.05) is 11.9 Å². The number of aromatic nitrogens is 1. The first-order chi connectivity index (χ1) is 13.9. The molecule has 0 unspecified atom stereocenters. The Bertz CT molecular complexity index is 1020. The monoisotopic (exact) mass is 408 g/mol. The lowest BCUT2D eigenvalue weighted by Gasteiger charge is -2.18. The number of amides is 1. The first-order valence-corrected chi connectivity index (χ1v) is 10.6. The van der Waals surface area contributed by atoms with Gasteiger partial charge in [0.05, 0.1) is 5.69 Å². The van der Waals surface area contributed by atoms with Crippen molar-refractivity contribution in [2.24, 2.45) is 0 Å². The molecule has 2 heterocycles. The first kappa shape index (κ1) is 19.5. The maximum Gasteiger partial charge on any atom is 0.264 e. The number of rotatable bonds is 6. The molecule has 4 rings (SSSR count). The van der Waals surface area contributed by atoms with Crippen LogP contribution in [0.25, 0.3) is 11.3 Å². The number of nitrogens with zero attached hydrogens (tertiary/aromatic N) is 1. The normalized spacial score (nSPS) is 14.2. The van der Waals surface area contributed by atoms with Gasteiger partial charge in [0, 0.05) is 22.9 Å². The van der Waals surface area contributed by atoms with Crippen LogP contribution in [0.15, 0.2) is 47.8 Å². The number of benzene rings is 2. The van der Waals surface area contributed by atoms with E-state index in [-0.39, 0.29) is 18.1 Å². The molecule has 2 aromatic carbocycles. The van der Waals surface area contributed by atoms with Crippen molar-refractivity contribution < 1.29 is 14.3 Å². The standard InChI is InChI=1S/C23H24N2O3S/c1-4-15-8-10-16(11-9-15)18-14-29-22(24-18)25-20(26)13-27-19-7-5-6-17-12-23(2,3)28-21(17)19/h5-11,14H,4,12-13H2,1-3H3,(H,24,25,26). The third-order valence-electron chi connectivity index (χ3n) is 4.82. The van der Waals surface area contributed by atoms with Crippen LogP contribution in [0.5, 0.6) is 11.5 Å². The number of nitrogens with one attached hydrogen (secondary N) is 1. The molecular weight excluding hydrogens is 384 g/mol. The van der Waals surface area contributed by atoms with E-state index in [0.717, 1.165) is 35.4 Å². The Morgan fingerprint density at radius 1 is 1.24 bits per heavy atom. The molecule has 0 spiro atoms. The van der Waals surface area contributed by atoms with Gasteiger partial charge < -0.3 is 9.47 Å². The summed E-state index contributed by atoms with van der Waals surface area (Å²) in [6.07, 6.45) is 1.83. The summed E-state index contributed by atoms with van der Waals surface area (Å²) in [5.74, 6) is 1.08. The summed E-state index contributed by atoms with van der Waals surface area (Å²) in [6.45, 7) is 6.11. The summed E-state index contributed by atoms with van der Waals surface area (Å²) in [7, 11) is 0. The van der Waals surface area contributed by atoms with Gasteiger partial charge in [0.25, 0.3) is 5.91 Å². The molecule has 1 aromatic heterocycles. The van der Waals surface area contributed by atoms with Crippen molar-refractivity contribution in [2.45, 2.75) is 39.2 Å². The fraction of sp³-hybridized carbons (Fsp3) is 0.304. The second-order valence-corrected chi connectivity index (χ2v) is 8.57. The van der Waals surface area contributed by atoms with Crippen molar-refractivity contribution in [1.82, 2.24) is 4.98 Å². The average molecular weight is 409 g/mol. The molecule has 0 saturated carbocycles. The highest BCUT2D eigenvalue weighted by atomic mass is 32.1. The van der Waals surface area contributed by atoms with Crippen LogP contribution in [0.4, 0.5) is 5.13 Å². The van der Waals surface area contributed by atoms with Gasteiger partial charge in [0.1, 0.15) is 5.60 Å². The average Bonchev–Trinajstić information content (AvgIpc) is 3.29. The van der Waals surface area contributed by atoms with E-state index >= 15 is 0 Å². The van der Waals surface area contributed by atoms with Gasteiger partial charge >= 0.3 is 0 Å². The predicted octanol–water partition coefficient (Wildman–Crippen LogP) is 5.10. The number of ether oxygens (including phenoxy) is 2. The van der Waals surface area contributed by atoms with Crippen LogP contribution < -0.4 is 14.8 Å². The van der Waals surface area contributed by atoms with Crippen LogP contribution in [0, 0.1) is 0 Å². The number of hydrogen-bond acceptors (Lipinski definition) is 5. The lowest BCUT2D eigenvalue weighted by Crippen LogP contribution is -2.25. The van der Waals surface area contributed by atoms with Crippen molar-refractivity contribution in [3.63, 3.8) is 0 Å². The number of aryl methyl sites for hydroxylation is 1. The summed E-state index contributed by atoms with van der Waals surface area (Å²) in [6, 6.07) is 14.1. The molecule has 0 atom stereocenters. The number of hydrogen-bond donors (Lipinski definition) is 1. The molecule has 5 nitrogen and oxygen atoms in total. The minimum absolute atomic E-state index is 0.0969. The van der Waals surface area contributed by atoms with E-state index in [1.165, 1.54) is 16.9 Å². The quantitative estimate of drug-likeness (QED) is 0.616. The number of thiazole rings is 1. The zero-order chi connectivity index (χ0) is 20.4. The van der Waals surface area contributed by atoms with Crippen LogP contribution in [-0.2, 0) is 17.6 Å². The number of carbonyl (C=O) groups excluding carboxylic acids is 1. The Morgan fingerprint density at radius 3 is 2.79 bits per heavy atom. The third-order valence-corrected chi connectivity index (χ3v) is 5.58.